The summed E-state index contributed by atoms with van der Waals surface area (Å²) in [6, 6.07) is 0. The number of unbranched alkanes of at least 4 members (excludes halogenated alkanes) is 16. The van der Waals surface area contributed by atoms with E-state index in [1.807, 2.05) is 0 Å². The number of rotatable bonds is 40. The molecule has 8 saturated carbocycles. The van der Waals surface area contributed by atoms with Crippen LogP contribution in [0, 0.1) is 116 Å². The molecule has 8 aliphatic rings. The molecule has 16 atom stereocenters. The van der Waals surface area contributed by atoms with E-state index in [9.17, 15) is 39.6 Å². The van der Waals surface area contributed by atoms with Crippen LogP contribution >= 0.6 is 0 Å². The number of carboxylic acid groups (broad SMARTS) is 4. The van der Waals surface area contributed by atoms with Crippen molar-refractivity contribution >= 4 is 23.9 Å². The largest absolute Gasteiger partial charge is 4.00 e. The molecular weight excluding hydrogens is 1380 g/mol. The van der Waals surface area contributed by atoms with Crippen molar-refractivity contribution in [3.63, 3.8) is 0 Å². The summed E-state index contributed by atoms with van der Waals surface area (Å²) in [5, 5.41) is 48.8. The molecule has 0 spiro atoms. The van der Waals surface area contributed by atoms with E-state index in [1.54, 1.807) is 0 Å². The Morgan fingerprint density at radius 3 is 0.562 bits per heavy atom. The Hall–Kier alpha value is -1.43. The summed E-state index contributed by atoms with van der Waals surface area (Å²) < 4.78 is 0. The number of hydrogen-bond donors (Lipinski definition) is 0. The van der Waals surface area contributed by atoms with Crippen molar-refractivity contribution in [2.75, 3.05) is 0 Å². The van der Waals surface area contributed by atoms with E-state index in [4.69, 9.17) is 0 Å². The van der Waals surface area contributed by atoms with Crippen molar-refractivity contribution in [3.8, 4) is 0 Å². The van der Waals surface area contributed by atoms with E-state index in [-0.39, 0.29) is 44.7 Å². The van der Waals surface area contributed by atoms with Gasteiger partial charge in [-0.3, -0.25) is 0 Å². The minimum absolute atomic E-state index is 0. The number of carboxylic acids is 4. The third-order valence-corrected chi connectivity index (χ3v) is 30.2. The Morgan fingerprint density at radius 1 is 0.248 bits per heavy atom. The summed E-state index contributed by atoms with van der Waals surface area (Å²) >= 11 is 0. The molecule has 0 heterocycles. The first-order valence-corrected chi connectivity index (χ1v) is 46.9. The van der Waals surface area contributed by atoms with E-state index in [0.717, 1.165) is 77.0 Å². The van der Waals surface area contributed by atoms with E-state index in [1.165, 1.54) is 308 Å². The third kappa shape index (κ3) is 32.5. The first-order valence-electron chi connectivity index (χ1n) is 46.9. The van der Waals surface area contributed by atoms with E-state index >= 15 is 0 Å². The van der Waals surface area contributed by atoms with Gasteiger partial charge in [-0.15, -0.1) is 0 Å². The predicted octanol–water partition coefficient (Wildman–Crippen LogP) is 24.5. The van der Waals surface area contributed by atoms with Gasteiger partial charge in [0.05, 0.1) is 0 Å². The molecule has 0 aromatic carbocycles. The van der Waals surface area contributed by atoms with Gasteiger partial charge in [-0.25, -0.2) is 0 Å². The molecule has 105 heavy (non-hydrogen) atoms. The van der Waals surface area contributed by atoms with Crippen LogP contribution in [0.2, 0.25) is 0 Å². The standard InChI is InChI=1S/4C24H44O2.Mo/c4*1-4-6-9-15-20-17-24(3,16-12-7-5-2)18-21(22(20)23(25)26)19-13-10-8-11-14-19;/h4*19-22H,4-18H2,1-3H3,(H,25,26);/q;;;;+4/p-4. The molecule has 8 fully saturated rings. The number of carbonyl (C=O) groups is 4. The fourth-order valence-electron chi connectivity index (χ4n) is 24.9. The second kappa shape index (κ2) is 52.1. The molecule has 0 aliphatic heterocycles. The summed E-state index contributed by atoms with van der Waals surface area (Å²) in [6.45, 7) is 27.9. The minimum atomic E-state index is -0.738. The van der Waals surface area contributed by atoms with E-state index < -0.39 is 23.9 Å². The molecule has 0 aromatic heterocycles. The molecule has 0 aromatic rings. The fourth-order valence-corrected chi connectivity index (χ4v) is 24.9. The van der Waals surface area contributed by atoms with Gasteiger partial charge in [-0.2, -0.15) is 0 Å². The molecule has 0 amide bonds. The zero-order chi connectivity index (χ0) is 76.0. The summed E-state index contributed by atoms with van der Waals surface area (Å²) in [7, 11) is 0. The van der Waals surface area contributed by atoms with Crippen LogP contribution in [0.3, 0.4) is 0 Å². The van der Waals surface area contributed by atoms with Crippen LogP contribution in [-0.4, -0.2) is 23.9 Å². The maximum absolute atomic E-state index is 12.2. The summed E-state index contributed by atoms with van der Waals surface area (Å²) in [4.78, 5) is 48.8. The Kier molecular flexibility index (Phi) is 47.6. The zero-order valence-electron chi connectivity index (χ0n) is 71.3. The molecule has 8 rings (SSSR count). The first-order chi connectivity index (χ1) is 50.0. The van der Waals surface area contributed by atoms with Gasteiger partial charge in [0.15, 0.2) is 0 Å². The van der Waals surface area contributed by atoms with Crippen molar-refractivity contribution in [2.45, 2.75) is 468 Å². The quantitative estimate of drug-likeness (QED) is 0.0433. The first kappa shape index (κ1) is 95.9. The molecular formula is C96H172MoO8. The second-order valence-corrected chi connectivity index (χ2v) is 39.4. The molecule has 610 valence electrons. The predicted molar refractivity (Wildman–Crippen MR) is 431 cm³/mol. The summed E-state index contributed by atoms with van der Waals surface area (Å²) in [6.07, 6.45) is 74.3. The Bertz CT molecular complexity index is 1970. The average Bonchev–Trinajstić information content (AvgIpc) is 0.799. The fraction of sp³-hybridized carbons (Fsp3) is 0.958. The van der Waals surface area contributed by atoms with Gasteiger partial charge in [0.1, 0.15) is 0 Å². The third-order valence-electron chi connectivity index (χ3n) is 30.2. The number of carbonyl (C=O) groups excluding carboxylic acids is 4. The molecule has 16 unspecified atom stereocenters. The van der Waals surface area contributed by atoms with Gasteiger partial charge < -0.3 is 39.6 Å². The van der Waals surface area contributed by atoms with Crippen LogP contribution < -0.4 is 20.4 Å². The molecule has 0 saturated heterocycles. The van der Waals surface area contributed by atoms with Crippen molar-refractivity contribution < 1.29 is 60.7 Å². The van der Waals surface area contributed by atoms with Gasteiger partial charge in [0.25, 0.3) is 0 Å². The van der Waals surface area contributed by atoms with Gasteiger partial charge in [-0.05, 0) is 195 Å². The van der Waals surface area contributed by atoms with Crippen LogP contribution in [-0.2, 0) is 40.2 Å². The van der Waals surface area contributed by atoms with E-state index in [2.05, 4.69) is 83.1 Å². The normalized spacial score (nSPS) is 33.0. The van der Waals surface area contributed by atoms with Crippen molar-refractivity contribution in [2.24, 2.45) is 116 Å². The molecule has 8 aliphatic carbocycles. The van der Waals surface area contributed by atoms with Crippen LogP contribution in [0.4, 0.5) is 0 Å². The Balaban J connectivity index is 0.000000295. The van der Waals surface area contributed by atoms with Crippen molar-refractivity contribution in [1.82, 2.24) is 0 Å². The van der Waals surface area contributed by atoms with Crippen LogP contribution in [0.15, 0.2) is 0 Å². The molecule has 0 N–H and O–H groups in total. The van der Waals surface area contributed by atoms with Gasteiger partial charge in [0, 0.05) is 47.5 Å². The smallest absolute Gasteiger partial charge is 0.550 e. The summed E-state index contributed by atoms with van der Waals surface area (Å²) in [5.41, 5.74) is 1.39. The van der Waals surface area contributed by atoms with E-state index in [0.29, 0.717) is 92.7 Å². The van der Waals surface area contributed by atoms with Crippen LogP contribution in [0.25, 0.3) is 0 Å². The number of hydrogen-bond acceptors (Lipinski definition) is 8. The zero-order valence-corrected chi connectivity index (χ0v) is 73.3. The Labute approximate surface area is 665 Å². The van der Waals surface area contributed by atoms with Crippen LogP contribution in [0.5, 0.6) is 0 Å². The molecule has 0 bridgehead atoms. The monoisotopic (exact) mass is 1550 g/mol. The average molecular weight is 1550 g/mol. The van der Waals surface area contributed by atoms with Gasteiger partial charge in [-0.1, -0.05) is 366 Å². The molecule has 0 radical (unpaired) electrons. The maximum Gasteiger partial charge on any atom is 4.00 e. The number of aliphatic carboxylic acids is 4. The second-order valence-electron chi connectivity index (χ2n) is 39.4. The van der Waals surface area contributed by atoms with Crippen molar-refractivity contribution in [1.29, 1.82) is 0 Å². The Morgan fingerprint density at radius 2 is 0.410 bits per heavy atom. The van der Waals surface area contributed by atoms with Crippen molar-refractivity contribution in [3.05, 3.63) is 0 Å². The topological polar surface area (TPSA) is 161 Å². The van der Waals surface area contributed by atoms with Crippen LogP contribution in [0.1, 0.15) is 468 Å². The van der Waals surface area contributed by atoms with Gasteiger partial charge >= 0.3 is 21.1 Å². The van der Waals surface area contributed by atoms with Gasteiger partial charge in [0.2, 0.25) is 0 Å². The molecule has 9 heteroatoms. The maximum atomic E-state index is 12.2. The minimum Gasteiger partial charge on any atom is -0.550 e. The SMILES string of the molecule is CCCCCC1CC(C)(CCCCC)CC(C2CCCCC2)C1C(=O)[O-].CCCCCC1CC(C)(CCCCC)CC(C2CCCCC2)C1C(=O)[O-].CCCCCC1CC(C)(CCCCC)CC(C2CCCCC2)C1C(=O)[O-].CCCCCC1CC(C)(CCCCC)CC(C2CCCCC2)C1C(=O)[O-].[Mo+4]. The summed E-state index contributed by atoms with van der Waals surface area (Å²) in [5.74, 6) is 1.68. The molecule has 8 nitrogen and oxygen atoms in total.